The van der Waals surface area contributed by atoms with Gasteiger partial charge in [0.2, 0.25) is 5.91 Å². The number of hydrogen-bond donors (Lipinski definition) is 1. The van der Waals surface area contributed by atoms with Crippen molar-refractivity contribution in [1.29, 1.82) is 0 Å². The zero-order valence-electron chi connectivity index (χ0n) is 13.8. The topological polar surface area (TPSA) is 94.0 Å². The first-order valence-corrected chi connectivity index (χ1v) is 8.56. The molecule has 0 aliphatic heterocycles. The average molecular weight is 346 g/mol. The molecule has 24 heavy (non-hydrogen) atoms. The van der Waals surface area contributed by atoms with Crippen molar-refractivity contribution in [2.24, 2.45) is 0 Å². The Balaban J connectivity index is 1.80. The van der Waals surface area contributed by atoms with Gasteiger partial charge in [-0.2, -0.15) is 0 Å². The van der Waals surface area contributed by atoms with Crippen LogP contribution in [0, 0.1) is 13.8 Å². The molecule has 1 aliphatic carbocycles. The molecule has 7 nitrogen and oxygen atoms in total. The highest BCUT2D eigenvalue weighted by molar-refractivity contribution is 7.17. The summed E-state index contributed by atoms with van der Waals surface area (Å²) >= 11 is 1.14. The van der Waals surface area contributed by atoms with Gasteiger partial charge >= 0.3 is 0 Å². The van der Waals surface area contributed by atoms with Crippen LogP contribution in [0.4, 0.5) is 5.13 Å². The van der Waals surface area contributed by atoms with E-state index in [4.69, 9.17) is 0 Å². The van der Waals surface area contributed by atoms with Crippen LogP contribution >= 0.6 is 11.3 Å². The lowest BCUT2D eigenvalue weighted by molar-refractivity contribution is -0.116. The number of ketones is 1. The minimum atomic E-state index is -0.358. The molecule has 0 unspecified atom stereocenters. The molecule has 0 bridgehead atoms. The van der Waals surface area contributed by atoms with Crippen LogP contribution in [0.2, 0.25) is 0 Å². The molecule has 0 radical (unpaired) electrons. The van der Waals surface area contributed by atoms with Gasteiger partial charge in [0.15, 0.2) is 10.9 Å². The molecule has 0 aromatic carbocycles. The van der Waals surface area contributed by atoms with E-state index < -0.39 is 0 Å². The Morgan fingerprint density at radius 1 is 1.25 bits per heavy atom. The van der Waals surface area contributed by atoms with E-state index in [0.717, 1.165) is 41.9 Å². The molecule has 0 saturated carbocycles. The lowest BCUT2D eigenvalue weighted by atomic mass is 10.2. The first kappa shape index (κ1) is 16.5. The molecule has 0 atom stereocenters. The Kier molecular flexibility index (Phi) is 4.31. The number of fused-ring (bicyclic) bond motifs is 1. The smallest absolute Gasteiger partial charge is 0.257 e. The predicted molar refractivity (Wildman–Crippen MR) is 90.7 cm³/mol. The van der Waals surface area contributed by atoms with Crippen LogP contribution in [0.15, 0.2) is 4.79 Å². The van der Waals surface area contributed by atoms with E-state index in [9.17, 15) is 14.4 Å². The summed E-state index contributed by atoms with van der Waals surface area (Å²) in [5, 5.41) is 3.02. The van der Waals surface area contributed by atoms with Gasteiger partial charge in [0.25, 0.3) is 5.56 Å². The van der Waals surface area contributed by atoms with E-state index in [2.05, 4.69) is 15.3 Å². The number of aromatic nitrogens is 3. The molecule has 8 heteroatoms. The number of carbonyl (C=O) groups is 2. The molecule has 3 rings (SSSR count). The summed E-state index contributed by atoms with van der Waals surface area (Å²) < 4.78 is 1.39. The maximum absolute atomic E-state index is 12.5. The van der Waals surface area contributed by atoms with Gasteiger partial charge in [0.05, 0.1) is 16.3 Å². The summed E-state index contributed by atoms with van der Waals surface area (Å²) in [4.78, 5) is 45.4. The SMILES string of the molecule is CC(=O)c1sc(NC(=O)Cn2c(C)nc3c(c2=O)CCC3)nc1C. The average Bonchev–Trinajstić information content (AvgIpc) is 3.10. The summed E-state index contributed by atoms with van der Waals surface area (Å²) in [6.45, 7) is 4.81. The number of anilines is 1. The molecule has 0 spiro atoms. The van der Waals surface area contributed by atoms with Crippen LogP contribution < -0.4 is 10.9 Å². The molecule has 2 aromatic rings. The molecule has 2 heterocycles. The van der Waals surface area contributed by atoms with Gasteiger partial charge in [-0.3, -0.25) is 19.0 Å². The molecule has 1 amide bonds. The summed E-state index contributed by atoms with van der Waals surface area (Å²) in [6.07, 6.45) is 2.47. The molecule has 0 saturated heterocycles. The number of Topliss-reactive ketones (excluding diaryl/α,β-unsaturated/α-hetero) is 1. The van der Waals surface area contributed by atoms with Crippen LogP contribution in [-0.4, -0.2) is 26.2 Å². The fraction of sp³-hybridized carbons (Fsp3) is 0.438. The van der Waals surface area contributed by atoms with Crippen LogP contribution in [0.3, 0.4) is 0 Å². The minimum Gasteiger partial charge on any atom is -0.300 e. The van der Waals surface area contributed by atoms with Crippen molar-refractivity contribution in [3.63, 3.8) is 0 Å². The highest BCUT2D eigenvalue weighted by atomic mass is 32.1. The van der Waals surface area contributed by atoms with Gasteiger partial charge in [-0.25, -0.2) is 9.97 Å². The Morgan fingerprint density at radius 3 is 2.67 bits per heavy atom. The lowest BCUT2D eigenvalue weighted by Gasteiger charge is -2.11. The summed E-state index contributed by atoms with van der Waals surface area (Å²) in [5.41, 5.74) is 2.04. The highest BCUT2D eigenvalue weighted by Gasteiger charge is 2.21. The maximum atomic E-state index is 12.5. The predicted octanol–water partition coefficient (Wildman–Crippen LogP) is 1.65. The highest BCUT2D eigenvalue weighted by Crippen LogP contribution is 2.23. The summed E-state index contributed by atoms with van der Waals surface area (Å²) in [7, 11) is 0. The van der Waals surface area contributed by atoms with Gasteiger partial charge in [-0.1, -0.05) is 11.3 Å². The van der Waals surface area contributed by atoms with E-state index in [-0.39, 0.29) is 23.8 Å². The standard InChI is InChI=1S/C16H18N4O3S/c1-8-14(9(2)21)24-16(17-8)19-13(22)7-20-10(3)18-12-6-4-5-11(12)15(20)23/h4-7H2,1-3H3,(H,17,19,22). The first-order valence-electron chi connectivity index (χ1n) is 7.74. The number of amides is 1. The zero-order valence-corrected chi connectivity index (χ0v) is 14.6. The van der Waals surface area contributed by atoms with Crippen molar-refractivity contribution in [2.45, 2.75) is 46.6 Å². The fourth-order valence-corrected chi connectivity index (χ4v) is 3.79. The van der Waals surface area contributed by atoms with Crippen LogP contribution in [0.5, 0.6) is 0 Å². The van der Waals surface area contributed by atoms with Gasteiger partial charge in [-0.15, -0.1) is 0 Å². The molecule has 126 valence electrons. The minimum absolute atomic E-state index is 0.0830. The number of nitrogens with one attached hydrogen (secondary N) is 1. The second-order valence-corrected chi connectivity index (χ2v) is 6.87. The number of aryl methyl sites for hydroxylation is 3. The number of thiazole rings is 1. The third-order valence-corrected chi connectivity index (χ3v) is 5.22. The van der Waals surface area contributed by atoms with E-state index in [1.807, 2.05) is 0 Å². The van der Waals surface area contributed by atoms with E-state index >= 15 is 0 Å². The van der Waals surface area contributed by atoms with Crippen LogP contribution in [0.25, 0.3) is 0 Å². The van der Waals surface area contributed by atoms with Crippen molar-refractivity contribution in [1.82, 2.24) is 14.5 Å². The fourth-order valence-electron chi connectivity index (χ4n) is 2.91. The molecule has 1 N–H and O–H groups in total. The van der Waals surface area contributed by atoms with Crippen molar-refractivity contribution < 1.29 is 9.59 Å². The molecule has 1 aliphatic rings. The van der Waals surface area contributed by atoms with Gasteiger partial charge in [-0.05, 0) is 33.1 Å². The second kappa shape index (κ2) is 6.27. The van der Waals surface area contributed by atoms with Gasteiger partial charge in [0, 0.05) is 12.5 Å². The zero-order chi connectivity index (χ0) is 17.4. The van der Waals surface area contributed by atoms with Crippen LogP contribution in [-0.2, 0) is 24.2 Å². The van der Waals surface area contributed by atoms with Crippen LogP contribution in [0.1, 0.15) is 45.8 Å². The number of hydrogen-bond acceptors (Lipinski definition) is 6. The Labute approximate surface area is 142 Å². The van der Waals surface area contributed by atoms with Crippen molar-refractivity contribution in [3.05, 3.63) is 38.0 Å². The van der Waals surface area contributed by atoms with Gasteiger partial charge < -0.3 is 5.32 Å². The van der Waals surface area contributed by atoms with E-state index in [1.165, 1.54) is 11.5 Å². The third kappa shape index (κ3) is 3.01. The Hall–Kier alpha value is -2.35. The van der Waals surface area contributed by atoms with E-state index in [0.29, 0.717) is 21.5 Å². The Bertz CT molecular complexity index is 897. The quantitative estimate of drug-likeness (QED) is 0.850. The van der Waals surface area contributed by atoms with E-state index in [1.54, 1.807) is 13.8 Å². The number of carbonyl (C=O) groups excluding carboxylic acids is 2. The summed E-state index contributed by atoms with van der Waals surface area (Å²) in [6, 6.07) is 0. The molecular weight excluding hydrogens is 328 g/mol. The molecular formula is C16H18N4O3S. The first-order chi connectivity index (χ1) is 11.4. The largest absolute Gasteiger partial charge is 0.300 e. The normalized spacial score (nSPS) is 13.0. The Morgan fingerprint density at radius 2 is 2.00 bits per heavy atom. The third-order valence-electron chi connectivity index (χ3n) is 4.04. The monoisotopic (exact) mass is 346 g/mol. The molecule has 2 aromatic heterocycles. The lowest BCUT2D eigenvalue weighted by Crippen LogP contribution is -2.32. The second-order valence-electron chi connectivity index (χ2n) is 5.87. The summed E-state index contributed by atoms with van der Waals surface area (Å²) in [5.74, 6) is 0.0970. The van der Waals surface area contributed by atoms with Gasteiger partial charge in [0.1, 0.15) is 12.4 Å². The maximum Gasteiger partial charge on any atom is 0.257 e. The van der Waals surface area contributed by atoms with Crippen molar-refractivity contribution in [2.75, 3.05) is 5.32 Å². The van der Waals surface area contributed by atoms with Crippen molar-refractivity contribution >= 4 is 28.2 Å². The molecule has 0 fully saturated rings. The number of nitrogens with zero attached hydrogens (tertiary/aromatic N) is 3. The van der Waals surface area contributed by atoms with Crippen molar-refractivity contribution in [3.8, 4) is 0 Å². The number of rotatable bonds is 4.